The van der Waals surface area contributed by atoms with Gasteiger partial charge in [-0.05, 0) is 71.5 Å². The summed E-state index contributed by atoms with van der Waals surface area (Å²) < 4.78 is 33.2. The van der Waals surface area contributed by atoms with E-state index in [1.54, 1.807) is 48.5 Å². The zero-order chi connectivity index (χ0) is 24.9. The molecular weight excluding hydrogens is 454 g/mol. The van der Waals surface area contributed by atoms with Gasteiger partial charge in [0.1, 0.15) is 18.4 Å². The third-order valence-electron chi connectivity index (χ3n) is 5.96. The Hall–Kier alpha value is -4.25. The number of ether oxygens (including phenoxy) is 1. The molecule has 0 aromatic heterocycles. The van der Waals surface area contributed by atoms with Crippen molar-refractivity contribution >= 4 is 11.9 Å². The lowest BCUT2D eigenvalue weighted by Gasteiger charge is -2.21. The zero-order valence-electron chi connectivity index (χ0n) is 18.7. The molecule has 178 valence electrons. The lowest BCUT2D eigenvalue weighted by atomic mass is 9.97. The van der Waals surface area contributed by atoms with Crippen LogP contribution in [-0.2, 0) is 17.8 Å². The Bertz CT molecular complexity index is 1300. The highest BCUT2D eigenvalue weighted by atomic mass is 19.2. The minimum atomic E-state index is -0.998. The predicted octanol–water partition coefficient (Wildman–Crippen LogP) is 4.97. The number of carbonyl (C=O) groups excluding carboxylic acids is 1. The topological polar surface area (TPSA) is 90.6 Å². The first-order valence-electron chi connectivity index (χ1n) is 11.1. The fraction of sp³-hybridized carbons (Fsp3) is 0.222. The van der Waals surface area contributed by atoms with E-state index in [-0.39, 0.29) is 18.9 Å². The third-order valence-corrected chi connectivity index (χ3v) is 5.96. The van der Waals surface area contributed by atoms with E-state index in [1.807, 2.05) is 6.07 Å². The van der Waals surface area contributed by atoms with Crippen LogP contribution in [0.2, 0.25) is 0 Å². The van der Waals surface area contributed by atoms with Gasteiger partial charge in [-0.2, -0.15) is 5.26 Å². The lowest BCUT2D eigenvalue weighted by Crippen LogP contribution is -2.40. The molecule has 6 nitrogen and oxygen atoms in total. The second-order valence-corrected chi connectivity index (χ2v) is 8.27. The van der Waals surface area contributed by atoms with Crippen LogP contribution in [-0.4, -0.2) is 34.5 Å². The first kappa shape index (κ1) is 23.9. The average Bonchev–Trinajstić information content (AvgIpc) is 3.36. The van der Waals surface area contributed by atoms with Crippen molar-refractivity contribution in [3.8, 4) is 22.9 Å². The molecule has 1 aliphatic rings. The molecule has 4 rings (SSSR count). The maximum absolute atomic E-state index is 13.8. The number of carboxylic acid groups (broad SMARTS) is 1. The number of hydrogen-bond donors (Lipinski definition) is 1. The summed E-state index contributed by atoms with van der Waals surface area (Å²) in [7, 11) is 0. The Morgan fingerprint density at radius 1 is 1.09 bits per heavy atom. The summed E-state index contributed by atoms with van der Waals surface area (Å²) in [5, 5.41) is 18.3. The Kier molecular flexibility index (Phi) is 7.06. The summed E-state index contributed by atoms with van der Waals surface area (Å²) in [5.74, 6) is -2.77. The molecule has 1 N–H and O–H groups in total. The molecule has 1 fully saturated rings. The second kappa shape index (κ2) is 10.3. The first-order valence-corrected chi connectivity index (χ1v) is 11.1. The molecule has 0 bridgehead atoms. The number of halogens is 2. The van der Waals surface area contributed by atoms with Crippen LogP contribution in [0.5, 0.6) is 5.75 Å². The Labute approximate surface area is 201 Å². The number of rotatable bonds is 7. The average molecular weight is 476 g/mol. The van der Waals surface area contributed by atoms with Crippen molar-refractivity contribution in [3.63, 3.8) is 0 Å². The van der Waals surface area contributed by atoms with E-state index < -0.39 is 23.6 Å². The standard InChI is InChI=1S/C27H22F2N2O4/c28-23-14-19(10-11-30)22(15-24(23)29)18-6-8-21(9-7-18)35-16-17-3-1-4-20(13-17)26(32)31-12-2-5-25(31)27(33)34/h1,3-4,6-9,13-15,25H,2,5,10,12,16H2,(H,33,34)/t25-/m0/s1. The number of carboxylic acids is 1. The first-order chi connectivity index (χ1) is 16.9. The number of likely N-dealkylation sites (tertiary alicyclic amines) is 1. The molecule has 1 atom stereocenters. The van der Waals surface area contributed by atoms with Crippen molar-refractivity contribution in [2.24, 2.45) is 0 Å². The fourth-order valence-electron chi connectivity index (χ4n) is 4.21. The zero-order valence-corrected chi connectivity index (χ0v) is 18.7. The minimum Gasteiger partial charge on any atom is -0.489 e. The summed E-state index contributed by atoms with van der Waals surface area (Å²) in [5.41, 5.74) is 2.59. The largest absolute Gasteiger partial charge is 0.489 e. The van der Waals surface area contributed by atoms with Crippen molar-refractivity contribution in [1.29, 1.82) is 5.26 Å². The highest BCUT2D eigenvalue weighted by molar-refractivity contribution is 5.97. The van der Waals surface area contributed by atoms with Gasteiger partial charge >= 0.3 is 5.97 Å². The quantitative estimate of drug-likeness (QED) is 0.520. The van der Waals surface area contributed by atoms with E-state index in [4.69, 9.17) is 10.00 Å². The normalized spacial score (nSPS) is 15.0. The van der Waals surface area contributed by atoms with Crippen LogP contribution in [0.3, 0.4) is 0 Å². The highest BCUT2D eigenvalue weighted by Gasteiger charge is 2.34. The van der Waals surface area contributed by atoms with Crippen LogP contribution >= 0.6 is 0 Å². The van der Waals surface area contributed by atoms with E-state index >= 15 is 0 Å². The van der Waals surface area contributed by atoms with Crippen molar-refractivity contribution < 1.29 is 28.2 Å². The van der Waals surface area contributed by atoms with E-state index in [0.29, 0.717) is 47.4 Å². The molecule has 3 aromatic carbocycles. The van der Waals surface area contributed by atoms with Crippen molar-refractivity contribution in [1.82, 2.24) is 4.90 Å². The second-order valence-electron chi connectivity index (χ2n) is 8.27. The van der Waals surface area contributed by atoms with Gasteiger partial charge in [0, 0.05) is 12.1 Å². The molecule has 1 aliphatic heterocycles. The summed E-state index contributed by atoms with van der Waals surface area (Å²) in [6.45, 7) is 0.588. The van der Waals surface area contributed by atoms with Crippen molar-refractivity contribution in [2.45, 2.75) is 31.9 Å². The highest BCUT2D eigenvalue weighted by Crippen LogP contribution is 2.29. The molecule has 1 heterocycles. The van der Waals surface area contributed by atoms with Crippen molar-refractivity contribution in [2.75, 3.05) is 6.54 Å². The summed E-state index contributed by atoms with van der Waals surface area (Å²) in [4.78, 5) is 25.6. The van der Waals surface area contributed by atoms with Crippen LogP contribution in [0.15, 0.2) is 60.7 Å². The molecule has 8 heteroatoms. The maximum atomic E-state index is 13.8. The van der Waals surface area contributed by atoms with Gasteiger partial charge in [0.25, 0.3) is 5.91 Å². The monoisotopic (exact) mass is 476 g/mol. The maximum Gasteiger partial charge on any atom is 0.326 e. The summed E-state index contributed by atoms with van der Waals surface area (Å²) in [6, 6.07) is 16.9. The number of nitrogens with zero attached hydrogens (tertiary/aromatic N) is 2. The van der Waals surface area contributed by atoms with Gasteiger partial charge in [-0.15, -0.1) is 0 Å². The molecule has 3 aromatic rings. The summed E-state index contributed by atoms with van der Waals surface area (Å²) in [6.07, 6.45) is 1.05. The van der Waals surface area contributed by atoms with Gasteiger partial charge < -0.3 is 14.7 Å². The van der Waals surface area contributed by atoms with E-state index in [9.17, 15) is 23.5 Å². The SMILES string of the molecule is N#CCc1cc(F)c(F)cc1-c1ccc(OCc2cccc(C(=O)N3CCC[C@H]3C(=O)O)c2)cc1. The fourth-order valence-corrected chi connectivity index (χ4v) is 4.21. The Morgan fingerprint density at radius 2 is 1.83 bits per heavy atom. The van der Waals surface area contributed by atoms with Gasteiger partial charge in [-0.3, -0.25) is 4.79 Å². The molecular formula is C27H22F2N2O4. The van der Waals surface area contributed by atoms with Gasteiger partial charge in [0.2, 0.25) is 0 Å². The van der Waals surface area contributed by atoms with Gasteiger partial charge in [-0.25, -0.2) is 13.6 Å². The molecule has 1 amide bonds. The molecule has 35 heavy (non-hydrogen) atoms. The number of benzene rings is 3. The molecule has 0 radical (unpaired) electrons. The number of carbonyl (C=O) groups is 2. The van der Waals surface area contributed by atoms with E-state index in [2.05, 4.69) is 0 Å². The smallest absolute Gasteiger partial charge is 0.326 e. The third kappa shape index (κ3) is 5.30. The van der Waals surface area contributed by atoms with Crippen LogP contribution in [0.25, 0.3) is 11.1 Å². The number of nitriles is 1. The molecule has 1 saturated heterocycles. The Morgan fingerprint density at radius 3 is 2.54 bits per heavy atom. The molecule has 0 saturated carbocycles. The Balaban J connectivity index is 1.45. The summed E-state index contributed by atoms with van der Waals surface area (Å²) >= 11 is 0. The van der Waals surface area contributed by atoms with Crippen LogP contribution in [0.4, 0.5) is 8.78 Å². The number of hydrogen-bond acceptors (Lipinski definition) is 4. The van der Waals surface area contributed by atoms with Crippen LogP contribution < -0.4 is 4.74 Å². The molecule has 0 spiro atoms. The molecule has 0 aliphatic carbocycles. The van der Waals surface area contributed by atoms with Crippen LogP contribution in [0, 0.1) is 23.0 Å². The van der Waals surface area contributed by atoms with Crippen LogP contribution in [0.1, 0.15) is 34.3 Å². The number of amides is 1. The van der Waals surface area contributed by atoms with Gasteiger partial charge in [-0.1, -0.05) is 24.3 Å². The lowest BCUT2D eigenvalue weighted by molar-refractivity contribution is -0.141. The van der Waals surface area contributed by atoms with Crippen molar-refractivity contribution in [3.05, 3.63) is 89.0 Å². The van der Waals surface area contributed by atoms with Gasteiger partial charge in [0.15, 0.2) is 11.6 Å². The number of aliphatic carboxylic acids is 1. The minimum absolute atomic E-state index is 0.0511. The van der Waals surface area contributed by atoms with Gasteiger partial charge in [0.05, 0.1) is 12.5 Å². The van der Waals surface area contributed by atoms with E-state index in [0.717, 1.165) is 17.7 Å². The predicted molar refractivity (Wildman–Crippen MR) is 124 cm³/mol. The van der Waals surface area contributed by atoms with E-state index in [1.165, 1.54) is 4.90 Å². The molecule has 0 unspecified atom stereocenters.